The average Bonchev–Trinajstić information content (AvgIpc) is 2.78. The summed E-state index contributed by atoms with van der Waals surface area (Å²) in [5, 5.41) is 13.6. The second-order valence-electron chi connectivity index (χ2n) is 8.19. The molecule has 0 radical (unpaired) electrons. The molecule has 1 fully saturated rings. The molecule has 2 aromatic rings. The lowest BCUT2D eigenvalue weighted by Gasteiger charge is -2.35. The highest BCUT2D eigenvalue weighted by Crippen LogP contribution is 2.25. The maximum Gasteiger partial charge on any atom is 0.267 e. The summed E-state index contributed by atoms with van der Waals surface area (Å²) < 4.78 is 1.67. The molecule has 0 spiro atoms. The van der Waals surface area contributed by atoms with Crippen LogP contribution in [-0.2, 0) is 31.6 Å². The molecular formula is C21H28N6OS. The fourth-order valence-corrected chi connectivity index (χ4v) is 5.43. The van der Waals surface area contributed by atoms with Crippen LogP contribution in [0.25, 0.3) is 0 Å². The maximum atomic E-state index is 12.4. The molecule has 2 aromatic heterocycles. The Morgan fingerprint density at radius 3 is 2.66 bits per heavy atom. The predicted octanol–water partition coefficient (Wildman–Crippen LogP) is 1.52. The van der Waals surface area contributed by atoms with Crippen LogP contribution in [0, 0.1) is 0 Å². The lowest BCUT2D eigenvalue weighted by atomic mass is 9.97. The smallest absolute Gasteiger partial charge is 0.267 e. The van der Waals surface area contributed by atoms with Crippen molar-refractivity contribution in [1.82, 2.24) is 24.9 Å². The van der Waals surface area contributed by atoms with Crippen LogP contribution < -0.4 is 10.5 Å². The van der Waals surface area contributed by atoms with Gasteiger partial charge in [-0.2, -0.15) is 22.0 Å². The number of fused-ring (bicyclic) bond motifs is 2. The average molecular weight is 413 g/mol. The van der Waals surface area contributed by atoms with Gasteiger partial charge in [0, 0.05) is 51.0 Å². The van der Waals surface area contributed by atoms with Crippen molar-refractivity contribution in [2.75, 3.05) is 43.4 Å². The van der Waals surface area contributed by atoms with E-state index in [4.69, 9.17) is 0 Å². The molecule has 0 unspecified atom stereocenters. The number of hydrogen-bond donors (Lipinski definition) is 0. The van der Waals surface area contributed by atoms with E-state index in [-0.39, 0.29) is 5.56 Å². The van der Waals surface area contributed by atoms with Gasteiger partial charge in [0.2, 0.25) is 0 Å². The fourth-order valence-electron chi connectivity index (χ4n) is 4.48. The third-order valence-corrected chi connectivity index (χ3v) is 7.29. The van der Waals surface area contributed by atoms with Gasteiger partial charge in [0.1, 0.15) is 0 Å². The van der Waals surface area contributed by atoms with E-state index >= 15 is 0 Å². The topological polar surface area (TPSA) is 67.2 Å². The van der Waals surface area contributed by atoms with E-state index in [2.05, 4.69) is 31.2 Å². The first-order chi connectivity index (χ1) is 14.3. The predicted molar refractivity (Wildman–Crippen MR) is 116 cm³/mol. The summed E-state index contributed by atoms with van der Waals surface area (Å²) in [6.07, 6.45) is 5.41. The van der Waals surface area contributed by atoms with E-state index in [1.165, 1.54) is 24.1 Å². The van der Waals surface area contributed by atoms with Gasteiger partial charge in [0.25, 0.3) is 5.56 Å². The van der Waals surface area contributed by atoms with E-state index in [0.29, 0.717) is 6.54 Å². The second-order valence-corrected chi connectivity index (χ2v) is 9.30. The number of hydrogen-bond acceptors (Lipinski definition) is 7. The molecule has 0 bridgehead atoms. The van der Waals surface area contributed by atoms with Gasteiger partial charge in [-0.25, -0.2) is 4.68 Å². The molecule has 2 aliphatic heterocycles. The Labute approximate surface area is 175 Å². The number of thioether (sulfide) groups is 1. The molecule has 0 N–H and O–H groups in total. The van der Waals surface area contributed by atoms with Crippen LogP contribution in [0.3, 0.4) is 0 Å². The minimum Gasteiger partial charge on any atom is -0.353 e. The molecule has 7 nitrogen and oxygen atoms in total. The standard InChI is InChI=1S/C21H28N6OS/c28-21-14-16-3-1-2-4-19(16)24-27(21)11-8-25-6-9-26(10-7-25)20-13-17-15-29-12-5-18(17)22-23-20/h13-14H,1-12,15H2. The second kappa shape index (κ2) is 8.44. The van der Waals surface area contributed by atoms with Gasteiger partial charge in [-0.15, -0.1) is 5.10 Å². The molecular weight excluding hydrogens is 384 g/mol. The number of nitrogens with zero attached hydrogens (tertiary/aromatic N) is 6. The van der Waals surface area contributed by atoms with E-state index in [9.17, 15) is 4.79 Å². The fraction of sp³-hybridized carbons (Fsp3) is 0.619. The van der Waals surface area contributed by atoms with Crippen LogP contribution in [0.2, 0.25) is 0 Å². The van der Waals surface area contributed by atoms with Crippen molar-refractivity contribution in [2.24, 2.45) is 0 Å². The van der Waals surface area contributed by atoms with Crippen LogP contribution >= 0.6 is 11.8 Å². The van der Waals surface area contributed by atoms with Crippen molar-refractivity contribution in [3.05, 3.63) is 45.0 Å². The summed E-state index contributed by atoms with van der Waals surface area (Å²) in [5.41, 5.74) is 4.87. The van der Waals surface area contributed by atoms with Crippen molar-refractivity contribution in [1.29, 1.82) is 0 Å². The molecule has 0 atom stereocenters. The Hall–Kier alpha value is -1.93. The van der Waals surface area contributed by atoms with E-state index < -0.39 is 0 Å². The third kappa shape index (κ3) is 4.19. The number of aromatic nitrogens is 4. The molecule has 4 heterocycles. The number of aryl methyl sites for hydroxylation is 3. The zero-order chi connectivity index (χ0) is 19.6. The van der Waals surface area contributed by atoms with Crippen LogP contribution in [0.15, 0.2) is 16.9 Å². The van der Waals surface area contributed by atoms with Crippen LogP contribution in [0.4, 0.5) is 5.82 Å². The summed E-state index contributed by atoms with van der Waals surface area (Å²) in [6.45, 7) is 5.40. The quantitative estimate of drug-likeness (QED) is 0.754. The number of anilines is 1. The summed E-state index contributed by atoms with van der Waals surface area (Å²) in [7, 11) is 0. The molecule has 3 aliphatic rings. The summed E-state index contributed by atoms with van der Waals surface area (Å²) >= 11 is 1.98. The summed E-state index contributed by atoms with van der Waals surface area (Å²) in [4.78, 5) is 17.1. The zero-order valence-corrected chi connectivity index (χ0v) is 17.7. The molecule has 5 rings (SSSR count). The van der Waals surface area contributed by atoms with E-state index in [1.807, 2.05) is 17.8 Å². The van der Waals surface area contributed by atoms with Crippen molar-refractivity contribution in [3.63, 3.8) is 0 Å². The molecule has 29 heavy (non-hydrogen) atoms. The molecule has 0 saturated carbocycles. The Morgan fingerprint density at radius 2 is 1.76 bits per heavy atom. The van der Waals surface area contributed by atoms with Gasteiger partial charge in [0.05, 0.1) is 17.9 Å². The largest absolute Gasteiger partial charge is 0.353 e. The van der Waals surface area contributed by atoms with E-state index in [0.717, 1.165) is 80.6 Å². The van der Waals surface area contributed by atoms with Crippen molar-refractivity contribution in [3.8, 4) is 0 Å². The van der Waals surface area contributed by atoms with Crippen molar-refractivity contribution < 1.29 is 0 Å². The molecule has 0 amide bonds. The van der Waals surface area contributed by atoms with Gasteiger partial charge in [-0.3, -0.25) is 9.69 Å². The molecule has 1 saturated heterocycles. The van der Waals surface area contributed by atoms with Gasteiger partial charge >= 0.3 is 0 Å². The normalized spacial score (nSPS) is 19.7. The Balaban J connectivity index is 1.17. The minimum absolute atomic E-state index is 0.0477. The first-order valence-electron chi connectivity index (χ1n) is 10.8. The summed E-state index contributed by atoms with van der Waals surface area (Å²) in [5.74, 6) is 3.22. The zero-order valence-electron chi connectivity index (χ0n) is 16.8. The Kier molecular flexibility index (Phi) is 5.54. The highest BCUT2D eigenvalue weighted by atomic mass is 32.2. The maximum absolute atomic E-state index is 12.4. The monoisotopic (exact) mass is 412 g/mol. The molecule has 0 aromatic carbocycles. The molecule has 154 valence electrons. The lowest BCUT2D eigenvalue weighted by Crippen LogP contribution is -2.48. The van der Waals surface area contributed by atoms with Gasteiger partial charge in [-0.05, 0) is 48.6 Å². The lowest BCUT2D eigenvalue weighted by molar-refractivity contribution is 0.241. The number of piperazine rings is 1. The first-order valence-corrected chi connectivity index (χ1v) is 11.9. The summed E-state index contributed by atoms with van der Waals surface area (Å²) in [6, 6.07) is 4.05. The Bertz CT molecular complexity index is 937. The molecule has 8 heteroatoms. The van der Waals surface area contributed by atoms with Crippen molar-refractivity contribution in [2.45, 2.75) is 44.4 Å². The Morgan fingerprint density at radius 1 is 0.897 bits per heavy atom. The van der Waals surface area contributed by atoms with Gasteiger partial charge in [0.15, 0.2) is 5.82 Å². The van der Waals surface area contributed by atoms with Crippen LogP contribution in [0.1, 0.15) is 35.4 Å². The SMILES string of the molecule is O=c1cc2c(nn1CCN1CCN(c3cc4c(nn3)CCSC4)CC1)CCCC2. The van der Waals surface area contributed by atoms with Crippen LogP contribution in [0.5, 0.6) is 0 Å². The highest BCUT2D eigenvalue weighted by Gasteiger charge is 2.21. The van der Waals surface area contributed by atoms with Gasteiger partial charge < -0.3 is 4.90 Å². The molecule has 1 aliphatic carbocycles. The number of rotatable bonds is 4. The van der Waals surface area contributed by atoms with Crippen molar-refractivity contribution >= 4 is 17.6 Å². The minimum atomic E-state index is 0.0477. The highest BCUT2D eigenvalue weighted by molar-refractivity contribution is 7.98. The van der Waals surface area contributed by atoms with Crippen LogP contribution in [-0.4, -0.2) is 63.4 Å². The third-order valence-electron chi connectivity index (χ3n) is 6.29. The van der Waals surface area contributed by atoms with Gasteiger partial charge in [-0.1, -0.05) is 0 Å². The van der Waals surface area contributed by atoms with E-state index in [1.54, 1.807) is 4.68 Å². The first kappa shape index (κ1) is 19.1.